The zero-order chi connectivity index (χ0) is 14.5. The van der Waals surface area contributed by atoms with E-state index in [0.717, 1.165) is 38.8 Å². The third-order valence-corrected chi connectivity index (χ3v) is 3.90. The van der Waals surface area contributed by atoms with Crippen LogP contribution in [0.4, 0.5) is 0 Å². The normalized spacial score (nSPS) is 20.7. The van der Waals surface area contributed by atoms with E-state index in [1.807, 2.05) is 0 Å². The maximum absolute atomic E-state index is 12.4. The van der Waals surface area contributed by atoms with Gasteiger partial charge in [0.1, 0.15) is 6.54 Å². The number of nitrogens with zero attached hydrogens (tertiary/aromatic N) is 2. The smallest absolute Gasteiger partial charge is 0.325 e. The summed E-state index contributed by atoms with van der Waals surface area (Å²) in [4.78, 5) is 27.8. The molecule has 1 aliphatic carbocycles. The van der Waals surface area contributed by atoms with Crippen molar-refractivity contribution < 1.29 is 14.3 Å². The molecule has 0 aromatic rings. The topological polar surface area (TPSA) is 75.9 Å². The first-order valence-corrected chi connectivity index (χ1v) is 7.53. The molecule has 0 bridgehead atoms. The minimum Gasteiger partial charge on any atom is -0.465 e. The fourth-order valence-corrected chi connectivity index (χ4v) is 2.55. The highest BCUT2D eigenvalue weighted by atomic mass is 16.5. The van der Waals surface area contributed by atoms with E-state index in [1.165, 1.54) is 0 Å². The van der Waals surface area contributed by atoms with Gasteiger partial charge in [-0.05, 0) is 32.6 Å². The quantitative estimate of drug-likeness (QED) is 0.692. The Kier molecular flexibility index (Phi) is 5.37. The van der Waals surface area contributed by atoms with Crippen LogP contribution >= 0.6 is 0 Å². The fraction of sp³-hybridized carbons (Fsp3) is 0.857. The van der Waals surface area contributed by atoms with Crippen molar-refractivity contribution in [3.8, 4) is 0 Å². The van der Waals surface area contributed by atoms with Crippen molar-refractivity contribution in [2.45, 2.75) is 44.7 Å². The van der Waals surface area contributed by atoms with Gasteiger partial charge in [0.2, 0.25) is 5.91 Å². The van der Waals surface area contributed by atoms with E-state index in [4.69, 9.17) is 10.5 Å². The first kappa shape index (κ1) is 15.3. The summed E-state index contributed by atoms with van der Waals surface area (Å²) in [6, 6.07) is 0.499. The summed E-state index contributed by atoms with van der Waals surface area (Å²) in [6.07, 6.45) is 3.87. The Bertz CT molecular complexity index is 350. The Balaban J connectivity index is 1.82. The van der Waals surface area contributed by atoms with Gasteiger partial charge in [-0.3, -0.25) is 14.5 Å². The van der Waals surface area contributed by atoms with Crippen molar-refractivity contribution in [2.24, 2.45) is 5.73 Å². The predicted octanol–water partition coefficient (Wildman–Crippen LogP) is -0.0364. The van der Waals surface area contributed by atoms with Gasteiger partial charge in [0.25, 0.3) is 0 Å². The molecule has 6 nitrogen and oxygen atoms in total. The van der Waals surface area contributed by atoms with Gasteiger partial charge in [-0.15, -0.1) is 0 Å². The van der Waals surface area contributed by atoms with Gasteiger partial charge in [-0.25, -0.2) is 0 Å². The third-order valence-electron chi connectivity index (χ3n) is 3.90. The van der Waals surface area contributed by atoms with Crippen molar-refractivity contribution in [3.63, 3.8) is 0 Å². The SMILES string of the molecule is CCOC(=O)CN(C(=O)CN1CCC(N)CC1)C1CC1. The number of hydrogen-bond donors (Lipinski definition) is 1. The zero-order valence-corrected chi connectivity index (χ0v) is 12.2. The molecule has 1 saturated carbocycles. The number of piperidine rings is 1. The number of hydrogen-bond acceptors (Lipinski definition) is 5. The Morgan fingerprint density at radius 3 is 2.45 bits per heavy atom. The largest absolute Gasteiger partial charge is 0.465 e. The second-order valence-electron chi connectivity index (χ2n) is 5.67. The molecular weight excluding hydrogens is 258 g/mol. The molecule has 1 saturated heterocycles. The highest BCUT2D eigenvalue weighted by Crippen LogP contribution is 2.27. The molecular formula is C14H25N3O3. The number of nitrogens with two attached hydrogens (primary N) is 1. The second kappa shape index (κ2) is 7.04. The molecule has 0 radical (unpaired) electrons. The lowest BCUT2D eigenvalue weighted by Crippen LogP contribution is -2.47. The summed E-state index contributed by atoms with van der Waals surface area (Å²) >= 11 is 0. The maximum atomic E-state index is 12.4. The maximum Gasteiger partial charge on any atom is 0.325 e. The lowest BCUT2D eigenvalue weighted by Gasteiger charge is -2.31. The van der Waals surface area contributed by atoms with Crippen LogP contribution < -0.4 is 5.73 Å². The highest BCUT2D eigenvalue weighted by molar-refractivity contribution is 5.84. The number of likely N-dealkylation sites (tertiary alicyclic amines) is 1. The summed E-state index contributed by atoms with van der Waals surface area (Å²) < 4.78 is 4.94. The first-order chi connectivity index (χ1) is 9.60. The van der Waals surface area contributed by atoms with E-state index in [1.54, 1.807) is 11.8 Å². The molecule has 2 rings (SSSR count). The van der Waals surface area contributed by atoms with Crippen molar-refractivity contribution in [1.29, 1.82) is 0 Å². The summed E-state index contributed by atoms with van der Waals surface area (Å²) in [7, 11) is 0. The molecule has 114 valence electrons. The van der Waals surface area contributed by atoms with Crippen LogP contribution in [0.2, 0.25) is 0 Å². The summed E-state index contributed by atoms with van der Waals surface area (Å²) in [5, 5.41) is 0. The number of carbonyl (C=O) groups is 2. The van der Waals surface area contributed by atoms with Gasteiger partial charge in [0, 0.05) is 25.2 Å². The van der Waals surface area contributed by atoms with Crippen molar-refractivity contribution in [2.75, 3.05) is 32.8 Å². The predicted molar refractivity (Wildman–Crippen MR) is 75.0 cm³/mol. The molecule has 1 amide bonds. The average molecular weight is 283 g/mol. The Morgan fingerprint density at radius 2 is 1.90 bits per heavy atom. The van der Waals surface area contributed by atoms with Gasteiger partial charge in [0.05, 0.1) is 13.2 Å². The van der Waals surface area contributed by atoms with Crippen LogP contribution in [0.1, 0.15) is 32.6 Å². The summed E-state index contributed by atoms with van der Waals surface area (Å²) in [6.45, 7) is 4.34. The first-order valence-electron chi connectivity index (χ1n) is 7.53. The monoisotopic (exact) mass is 283 g/mol. The number of esters is 1. The standard InChI is InChI=1S/C14H25N3O3/c1-2-20-14(19)10-17(12-3-4-12)13(18)9-16-7-5-11(15)6-8-16/h11-12H,2-10,15H2,1H3. The van der Waals surface area contributed by atoms with Crippen LogP contribution in [-0.4, -0.2) is 66.5 Å². The highest BCUT2D eigenvalue weighted by Gasteiger charge is 2.34. The van der Waals surface area contributed by atoms with Crippen LogP contribution in [0.3, 0.4) is 0 Å². The Hall–Kier alpha value is -1.14. The molecule has 0 unspecified atom stereocenters. The molecule has 0 aromatic carbocycles. The van der Waals surface area contributed by atoms with E-state index in [0.29, 0.717) is 13.2 Å². The molecule has 1 aliphatic heterocycles. The molecule has 0 aromatic heterocycles. The molecule has 2 aliphatic rings. The van der Waals surface area contributed by atoms with Gasteiger partial charge < -0.3 is 15.4 Å². The number of carbonyl (C=O) groups excluding carboxylic acids is 2. The number of ether oxygens (including phenoxy) is 1. The lowest BCUT2D eigenvalue weighted by atomic mass is 10.1. The molecule has 2 N–H and O–H groups in total. The molecule has 2 fully saturated rings. The zero-order valence-electron chi connectivity index (χ0n) is 12.2. The van der Waals surface area contributed by atoms with Crippen LogP contribution in [0, 0.1) is 0 Å². The summed E-state index contributed by atoms with van der Waals surface area (Å²) in [5.74, 6) is -0.274. The summed E-state index contributed by atoms with van der Waals surface area (Å²) in [5.41, 5.74) is 5.86. The number of amides is 1. The Morgan fingerprint density at radius 1 is 1.25 bits per heavy atom. The van der Waals surface area contributed by atoms with Gasteiger partial charge in [0.15, 0.2) is 0 Å². The lowest BCUT2D eigenvalue weighted by molar-refractivity contribution is -0.149. The molecule has 6 heteroatoms. The molecule has 20 heavy (non-hydrogen) atoms. The van der Waals surface area contributed by atoms with Crippen LogP contribution in [0.15, 0.2) is 0 Å². The van der Waals surface area contributed by atoms with E-state index in [2.05, 4.69) is 4.90 Å². The van der Waals surface area contributed by atoms with Crippen LogP contribution in [0.5, 0.6) is 0 Å². The molecule has 0 atom stereocenters. The van der Waals surface area contributed by atoms with Gasteiger partial charge in [-0.2, -0.15) is 0 Å². The molecule has 1 heterocycles. The van der Waals surface area contributed by atoms with Crippen molar-refractivity contribution >= 4 is 11.9 Å². The van der Waals surface area contributed by atoms with Gasteiger partial charge in [-0.1, -0.05) is 0 Å². The van der Waals surface area contributed by atoms with E-state index >= 15 is 0 Å². The average Bonchev–Trinajstić information content (AvgIpc) is 3.23. The van der Waals surface area contributed by atoms with Crippen LogP contribution in [0.25, 0.3) is 0 Å². The van der Waals surface area contributed by atoms with Crippen molar-refractivity contribution in [3.05, 3.63) is 0 Å². The fourth-order valence-electron chi connectivity index (χ4n) is 2.55. The minimum atomic E-state index is -0.312. The minimum absolute atomic E-state index is 0.0380. The molecule has 0 spiro atoms. The van der Waals surface area contributed by atoms with Gasteiger partial charge >= 0.3 is 5.97 Å². The second-order valence-corrected chi connectivity index (χ2v) is 5.67. The van der Waals surface area contributed by atoms with E-state index in [9.17, 15) is 9.59 Å². The third kappa shape index (κ3) is 4.45. The Labute approximate surface area is 120 Å². The van der Waals surface area contributed by atoms with E-state index < -0.39 is 0 Å². The number of rotatable bonds is 6. The van der Waals surface area contributed by atoms with Crippen molar-refractivity contribution in [1.82, 2.24) is 9.80 Å². The van der Waals surface area contributed by atoms with Crippen LogP contribution in [-0.2, 0) is 14.3 Å². The van der Waals surface area contributed by atoms with E-state index in [-0.39, 0.29) is 30.5 Å².